The van der Waals surface area contributed by atoms with Crippen molar-refractivity contribution in [1.29, 1.82) is 0 Å². The molecular weight excluding hydrogens is 328 g/mol. The van der Waals surface area contributed by atoms with Crippen molar-refractivity contribution in [2.75, 3.05) is 6.07 Å². The first-order valence-electron chi connectivity index (χ1n) is 7.52. The van der Waals surface area contributed by atoms with Gasteiger partial charge in [-0.25, -0.2) is 4.79 Å². The first-order chi connectivity index (χ1) is 10.7. The van der Waals surface area contributed by atoms with Crippen LogP contribution in [0.1, 0.15) is 52.9 Å². The zero-order valence-corrected chi connectivity index (χ0v) is 14.4. The van der Waals surface area contributed by atoms with Crippen LogP contribution in [-0.2, 0) is 28.5 Å². The Labute approximate surface area is 140 Å². The van der Waals surface area contributed by atoms with E-state index in [-0.39, 0.29) is 18.9 Å². The number of hydrogen-bond acceptors (Lipinski definition) is 7. The van der Waals surface area contributed by atoms with Crippen molar-refractivity contribution < 1.29 is 33.3 Å². The van der Waals surface area contributed by atoms with E-state index in [4.69, 9.17) is 25.8 Å². The summed E-state index contributed by atoms with van der Waals surface area (Å²) >= 11 is 5.27. The van der Waals surface area contributed by atoms with Gasteiger partial charge in [0.25, 0.3) is 0 Å². The van der Waals surface area contributed by atoms with E-state index in [0.29, 0.717) is 12.8 Å². The predicted octanol–water partition coefficient (Wildman–Crippen LogP) is 2.92. The molecule has 0 aromatic rings. The number of carbonyl (C=O) groups excluding carboxylic acids is 3. The van der Waals surface area contributed by atoms with Crippen LogP contribution >= 0.6 is 11.6 Å². The van der Waals surface area contributed by atoms with E-state index in [2.05, 4.69) is 4.74 Å². The van der Waals surface area contributed by atoms with Gasteiger partial charge in [-0.1, -0.05) is 11.6 Å². The van der Waals surface area contributed by atoms with Crippen LogP contribution in [-0.4, -0.2) is 42.0 Å². The zero-order chi connectivity index (χ0) is 17.5. The van der Waals surface area contributed by atoms with Crippen molar-refractivity contribution in [3.05, 3.63) is 0 Å². The van der Waals surface area contributed by atoms with E-state index in [1.807, 2.05) is 0 Å². The first kappa shape index (κ1) is 19.5. The molecule has 0 radical (unpaired) electrons. The van der Waals surface area contributed by atoms with Gasteiger partial charge in [0.05, 0.1) is 12.8 Å². The van der Waals surface area contributed by atoms with E-state index in [1.54, 1.807) is 20.8 Å². The molecule has 0 saturated heterocycles. The summed E-state index contributed by atoms with van der Waals surface area (Å²) in [5, 5.41) is 0. The van der Waals surface area contributed by atoms with Gasteiger partial charge in [-0.2, -0.15) is 0 Å². The standard InChI is InChI=1S/C15H23ClO7/c1-15(2,3)23-13(18)8-7-12(17)21-10-5-4-6-11(10)22-14(19)20-9-16/h10-11H,4-9H2,1-3H3/t10-,11+/m0/s1. The minimum absolute atomic E-state index is 0.0529. The van der Waals surface area contributed by atoms with E-state index in [0.717, 1.165) is 6.42 Å². The lowest BCUT2D eigenvalue weighted by Gasteiger charge is -2.21. The Morgan fingerprint density at radius 2 is 1.57 bits per heavy atom. The molecule has 1 fully saturated rings. The number of halogens is 1. The third-order valence-electron chi connectivity index (χ3n) is 3.05. The Morgan fingerprint density at radius 3 is 2.13 bits per heavy atom. The van der Waals surface area contributed by atoms with Gasteiger partial charge < -0.3 is 18.9 Å². The molecule has 1 aliphatic rings. The Balaban J connectivity index is 2.35. The summed E-state index contributed by atoms with van der Waals surface area (Å²) in [4.78, 5) is 34.6. The van der Waals surface area contributed by atoms with Gasteiger partial charge in [-0.15, -0.1) is 0 Å². The summed E-state index contributed by atoms with van der Waals surface area (Å²) in [5.74, 6) is -0.985. The van der Waals surface area contributed by atoms with Gasteiger partial charge >= 0.3 is 18.1 Å². The van der Waals surface area contributed by atoms with E-state index >= 15 is 0 Å². The van der Waals surface area contributed by atoms with Crippen molar-refractivity contribution in [1.82, 2.24) is 0 Å². The fourth-order valence-electron chi connectivity index (χ4n) is 2.19. The molecule has 0 aromatic heterocycles. The second-order valence-corrected chi connectivity index (χ2v) is 6.42. The molecule has 2 atom stereocenters. The minimum Gasteiger partial charge on any atom is -0.460 e. The van der Waals surface area contributed by atoms with Crippen molar-refractivity contribution in [2.45, 2.75) is 70.7 Å². The zero-order valence-electron chi connectivity index (χ0n) is 13.6. The van der Waals surface area contributed by atoms with Crippen LogP contribution in [0.5, 0.6) is 0 Å². The van der Waals surface area contributed by atoms with Crippen LogP contribution in [0.2, 0.25) is 0 Å². The summed E-state index contributed by atoms with van der Waals surface area (Å²) in [7, 11) is 0. The molecule has 1 aliphatic carbocycles. The van der Waals surface area contributed by atoms with Crippen molar-refractivity contribution >= 4 is 29.7 Å². The van der Waals surface area contributed by atoms with Crippen molar-refractivity contribution in [2.24, 2.45) is 0 Å². The van der Waals surface area contributed by atoms with Gasteiger partial charge in [0.2, 0.25) is 0 Å². The predicted molar refractivity (Wildman–Crippen MR) is 80.9 cm³/mol. The molecule has 0 heterocycles. The van der Waals surface area contributed by atoms with Crippen LogP contribution in [0.15, 0.2) is 0 Å². The maximum absolute atomic E-state index is 11.8. The highest BCUT2D eigenvalue weighted by molar-refractivity contribution is 6.17. The lowest BCUT2D eigenvalue weighted by molar-refractivity contribution is -0.161. The highest BCUT2D eigenvalue weighted by atomic mass is 35.5. The fourth-order valence-corrected chi connectivity index (χ4v) is 2.28. The van der Waals surface area contributed by atoms with Gasteiger partial charge in [-0.05, 0) is 40.0 Å². The Morgan fingerprint density at radius 1 is 1.00 bits per heavy atom. The molecule has 0 spiro atoms. The molecule has 0 N–H and O–H groups in total. The minimum atomic E-state index is -0.887. The lowest BCUT2D eigenvalue weighted by atomic mass is 10.2. The monoisotopic (exact) mass is 350 g/mol. The second-order valence-electron chi connectivity index (χ2n) is 6.21. The Bertz CT molecular complexity index is 430. The fraction of sp³-hybridized carbons (Fsp3) is 0.800. The Hall–Kier alpha value is -1.50. The molecule has 0 bridgehead atoms. The number of esters is 2. The number of alkyl halides is 1. The summed E-state index contributed by atoms with van der Waals surface area (Å²) in [6.07, 6.45) is -0.143. The number of hydrogen-bond donors (Lipinski definition) is 0. The molecule has 0 aromatic carbocycles. The Kier molecular flexibility index (Phi) is 7.61. The van der Waals surface area contributed by atoms with Gasteiger partial charge in [0, 0.05) is 0 Å². The first-order valence-corrected chi connectivity index (χ1v) is 8.05. The topological polar surface area (TPSA) is 88.1 Å². The number of rotatable bonds is 6. The highest BCUT2D eigenvalue weighted by Gasteiger charge is 2.34. The van der Waals surface area contributed by atoms with Crippen LogP contribution < -0.4 is 0 Å². The summed E-state index contributed by atoms with van der Waals surface area (Å²) in [5.41, 5.74) is -0.589. The molecule has 1 saturated carbocycles. The number of ether oxygens (including phenoxy) is 4. The molecule has 0 unspecified atom stereocenters. The third-order valence-corrected chi connectivity index (χ3v) is 3.16. The van der Waals surface area contributed by atoms with E-state index in [9.17, 15) is 14.4 Å². The van der Waals surface area contributed by atoms with Crippen molar-refractivity contribution in [3.8, 4) is 0 Å². The molecule has 1 rings (SSSR count). The van der Waals surface area contributed by atoms with Crippen LogP contribution in [0.3, 0.4) is 0 Å². The largest absolute Gasteiger partial charge is 0.509 e. The second kappa shape index (κ2) is 8.96. The van der Waals surface area contributed by atoms with Gasteiger partial charge in [-0.3, -0.25) is 9.59 Å². The maximum atomic E-state index is 11.8. The molecule has 7 nitrogen and oxygen atoms in total. The third kappa shape index (κ3) is 8.06. The molecule has 132 valence electrons. The smallest absolute Gasteiger partial charge is 0.460 e. The van der Waals surface area contributed by atoms with Crippen LogP contribution in [0.25, 0.3) is 0 Å². The quantitative estimate of drug-likeness (QED) is 0.413. The normalized spacial score (nSPS) is 20.7. The molecule has 0 aliphatic heterocycles. The van der Waals surface area contributed by atoms with Crippen molar-refractivity contribution in [3.63, 3.8) is 0 Å². The van der Waals surface area contributed by atoms with E-state index in [1.165, 1.54) is 0 Å². The maximum Gasteiger partial charge on any atom is 0.509 e. The van der Waals surface area contributed by atoms with Crippen LogP contribution in [0.4, 0.5) is 4.79 Å². The number of carbonyl (C=O) groups is 3. The summed E-state index contributed by atoms with van der Waals surface area (Å²) in [6, 6.07) is -0.300. The summed E-state index contributed by atoms with van der Waals surface area (Å²) < 4.78 is 19.9. The van der Waals surface area contributed by atoms with Gasteiger partial charge in [0.1, 0.15) is 17.8 Å². The lowest BCUT2D eigenvalue weighted by Crippen LogP contribution is -2.31. The van der Waals surface area contributed by atoms with E-state index < -0.39 is 35.9 Å². The molecule has 0 amide bonds. The van der Waals surface area contributed by atoms with Crippen LogP contribution in [0, 0.1) is 0 Å². The highest BCUT2D eigenvalue weighted by Crippen LogP contribution is 2.26. The average molecular weight is 351 g/mol. The van der Waals surface area contributed by atoms with Gasteiger partial charge in [0.15, 0.2) is 6.07 Å². The molecule has 23 heavy (non-hydrogen) atoms. The molecular formula is C15H23ClO7. The average Bonchev–Trinajstić information content (AvgIpc) is 2.82. The molecule has 8 heteroatoms. The SMILES string of the molecule is CC(C)(C)OC(=O)CCC(=O)O[C@H]1CCC[C@H]1OC(=O)OCCl. The summed E-state index contributed by atoms with van der Waals surface area (Å²) in [6.45, 7) is 5.26.